The number of hydrogen-bond acceptors (Lipinski definition) is 2. The zero-order valence-corrected chi connectivity index (χ0v) is 11.5. The van der Waals surface area contributed by atoms with Crippen LogP contribution in [0.25, 0.3) is 5.69 Å². The van der Waals surface area contributed by atoms with Gasteiger partial charge in [0.2, 0.25) is 0 Å². The molecule has 1 atom stereocenters. The third kappa shape index (κ3) is 2.81. The molecule has 1 heterocycles. The summed E-state index contributed by atoms with van der Waals surface area (Å²) in [5.74, 6) is 0. The quantitative estimate of drug-likeness (QED) is 0.855. The normalized spacial score (nSPS) is 13.5. The van der Waals surface area contributed by atoms with Crippen LogP contribution in [0.5, 0.6) is 0 Å². The molecule has 0 saturated carbocycles. The van der Waals surface area contributed by atoms with Crippen molar-refractivity contribution in [2.45, 2.75) is 19.2 Å². The van der Waals surface area contributed by atoms with Gasteiger partial charge >= 0.3 is 6.18 Å². The maximum absolute atomic E-state index is 13.1. The van der Waals surface area contributed by atoms with E-state index in [1.807, 2.05) is 0 Å². The number of benzene rings is 1. The number of hydrogen-bond donors (Lipinski definition) is 0. The van der Waals surface area contributed by atoms with E-state index >= 15 is 0 Å². The third-order valence-corrected chi connectivity index (χ3v) is 3.08. The smallest absolute Gasteiger partial charge is 0.375 e. The van der Waals surface area contributed by atoms with Crippen molar-refractivity contribution in [3.05, 3.63) is 46.7 Å². The fourth-order valence-corrected chi connectivity index (χ4v) is 1.96. The number of ether oxygens (including phenoxy) is 1. The zero-order chi connectivity index (χ0) is 14.9. The van der Waals surface area contributed by atoms with Crippen molar-refractivity contribution in [1.82, 2.24) is 9.78 Å². The Balaban J connectivity index is 2.62. The Bertz CT molecular complexity index is 610. The Kier molecular flexibility index (Phi) is 4.06. The van der Waals surface area contributed by atoms with Gasteiger partial charge in [0.1, 0.15) is 0 Å². The van der Waals surface area contributed by atoms with Gasteiger partial charge in [0.25, 0.3) is 0 Å². The highest BCUT2D eigenvalue weighted by Gasteiger charge is 2.35. The summed E-state index contributed by atoms with van der Waals surface area (Å²) >= 11 is 5.65. The van der Waals surface area contributed by atoms with E-state index in [1.54, 1.807) is 6.92 Å². The lowest BCUT2D eigenvalue weighted by molar-refractivity contribution is -0.137. The van der Waals surface area contributed by atoms with Crippen molar-refractivity contribution in [3.63, 3.8) is 0 Å². The zero-order valence-electron chi connectivity index (χ0n) is 10.7. The van der Waals surface area contributed by atoms with Gasteiger partial charge in [-0.1, -0.05) is 11.6 Å². The van der Waals surface area contributed by atoms with Gasteiger partial charge in [0.05, 0.1) is 29.2 Å². The maximum atomic E-state index is 13.1. The first-order valence-electron chi connectivity index (χ1n) is 5.70. The first-order valence-corrected chi connectivity index (χ1v) is 6.08. The molecule has 0 N–H and O–H groups in total. The van der Waals surface area contributed by atoms with Crippen LogP contribution in [0.1, 0.15) is 24.3 Å². The van der Waals surface area contributed by atoms with Crippen LogP contribution in [0.2, 0.25) is 5.02 Å². The van der Waals surface area contributed by atoms with Crippen molar-refractivity contribution in [2.24, 2.45) is 0 Å². The molecule has 1 unspecified atom stereocenters. The number of halogens is 4. The van der Waals surface area contributed by atoms with E-state index in [4.69, 9.17) is 16.3 Å². The molecule has 7 heteroatoms. The summed E-state index contributed by atoms with van der Waals surface area (Å²) in [4.78, 5) is 0. The van der Waals surface area contributed by atoms with Gasteiger partial charge in [-0.05, 0) is 25.1 Å². The molecule has 1 radical (unpaired) electrons. The molecule has 0 aliphatic heterocycles. The molecule has 0 spiro atoms. The standard InChI is InChI=1S/C13H11ClF3N2O/c1-8(20-2)11-5-6-18-19(11)12-4-3-9(14)7-10(12)13(15,16)17/h3-4,6-8H,1-2H3. The topological polar surface area (TPSA) is 27.1 Å². The highest BCUT2D eigenvalue weighted by atomic mass is 35.5. The van der Waals surface area contributed by atoms with E-state index in [2.05, 4.69) is 11.2 Å². The molecule has 2 rings (SSSR count). The van der Waals surface area contributed by atoms with Crippen LogP contribution >= 0.6 is 11.6 Å². The molecular weight excluding hydrogens is 293 g/mol. The van der Waals surface area contributed by atoms with Crippen molar-refractivity contribution in [1.29, 1.82) is 0 Å². The molecule has 0 bridgehead atoms. The summed E-state index contributed by atoms with van der Waals surface area (Å²) in [6, 6.07) is 6.31. The first-order chi connectivity index (χ1) is 9.34. The van der Waals surface area contributed by atoms with Crippen LogP contribution in [0.15, 0.2) is 24.4 Å². The largest absolute Gasteiger partial charge is 0.418 e. The molecule has 1 aromatic heterocycles. The van der Waals surface area contributed by atoms with Gasteiger partial charge in [0.15, 0.2) is 0 Å². The van der Waals surface area contributed by atoms with E-state index in [0.717, 1.165) is 10.7 Å². The molecule has 3 nitrogen and oxygen atoms in total. The molecule has 2 aromatic rings. The minimum Gasteiger partial charge on any atom is -0.375 e. The highest BCUT2D eigenvalue weighted by molar-refractivity contribution is 6.30. The predicted octanol–water partition coefficient (Wildman–Crippen LogP) is 4.05. The number of methoxy groups -OCH3 is 1. The van der Waals surface area contributed by atoms with Crippen LogP contribution < -0.4 is 0 Å². The fourth-order valence-electron chi connectivity index (χ4n) is 1.79. The van der Waals surface area contributed by atoms with Crippen LogP contribution in [0.4, 0.5) is 13.2 Å². The molecule has 107 valence electrons. The Morgan fingerprint density at radius 2 is 2.10 bits per heavy atom. The average Bonchev–Trinajstić information content (AvgIpc) is 2.85. The molecule has 0 aliphatic carbocycles. The Labute approximate surface area is 118 Å². The fraction of sp³-hybridized carbons (Fsp3) is 0.308. The second-order valence-electron chi connectivity index (χ2n) is 4.12. The van der Waals surface area contributed by atoms with Crippen LogP contribution in [-0.2, 0) is 10.9 Å². The van der Waals surface area contributed by atoms with Crippen molar-refractivity contribution >= 4 is 11.6 Å². The van der Waals surface area contributed by atoms with Gasteiger partial charge in [-0.15, -0.1) is 0 Å². The summed E-state index contributed by atoms with van der Waals surface area (Å²) in [5, 5.41) is 3.91. The summed E-state index contributed by atoms with van der Waals surface area (Å²) in [5.41, 5.74) is -0.561. The lowest BCUT2D eigenvalue weighted by Crippen LogP contribution is -2.14. The second kappa shape index (κ2) is 5.46. The van der Waals surface area contributed by atoms with Gasteiger partial charge in [0, 0.05) is 18.2 Å². The minimum absolute atomic E-state index is 0.0125. The van der Waals surface area contributed by atoms with Gasteiger partial charge in [-0.3, -0.25) is 0 Å². The molecule has 0 fully saturated rings. The van der Waals surface area contributed by atoms with Crippen LogP contribution in [-0.4, -0.2) is 16.9 Å². The summed E-state index contributed by atoms with van der Waals surface area (Å²) in [6.45, 7) is 1.70. The Morgan fingerprint density at radius 1 is 1.40 bits per heavy atom. The maximum Gasteiger partial charge on any atom is 0.418 e. The summed E-state index contributed by atoms with van der Waals surface area (Å²) < 4.78 is 45.5. The number of alkyl halides is 3. The summed E-state index contributed by atoms with van der Waals surface area (Å²) in [6.07, 6.45) is -3.66. The van der Waals surface area contributed by atoms with E-state index in [-0.39, 0.29) is 10.7 Å². The van der Waals surface area contributed by atoms with Gasteiger partial charge < -0.3 is 4.74 Å². The van der Waals surface area contributed by atoms with Gasteiger partial charge in [-0.2, -0.15) is 18.3 Å². The van der Waals surface area contributed by atoms with Crippen molar-refractivity contribution in [3.8, 4) is 5.69 Å². The van der Waals surface area contributed by atoms with E-state index in [1.165, 1.54) is 25.4 Å². The molecule has 1 aromatic carbocycles. The molecule has 0 amide bonds. The van der Waals surface area contributed by atoms with Crippen LogP contribution in [0, 0.1) is 6.07 Å². The Hall–Kier alpha value is -1.53. The minimum atomic E-state index is -4.53. The SMILES string of the molecule is COC(C)c1[c]cnn1-c1ccc(Cl)cc1C(F)(F)F. The second-order valence-corrected chi connectivity index (χ2v) is 4.56. The average molecular weight is 304 g/mol. The summed E-state index contributed by atoms with van der Waals surface area (Å²) in [7, 11) is 1.46. The number of rotatable bonds is 3. The highest BCUT2D eigenvalue weighted by Crippen LogP contribution is 2.36. The molecule has 20 heavy (non-hydrogen) atoms. The monoisotopic (exact) mass is 303 g/mol. The predicted molar refractivity (Wildman–Crippen MR) is 67.8 cm³/mol. The number of aromatic nitrogens is 2. The van der Waals surface area contributed by atoms with Crippen LogP contribution in [0.3, 0.4) is 0 Å². The lowest BCUT2D eigenvalue weighted by Gasteiger charge is -2.17. The van der Waals surface area contributed by atoms with Crippen molar-refractivity contribution < 1.29 is 17.9 Å². The van der Waals surface area contributed by atoms with E-state index < -0.39 is 17.8 Å². The number of nitrogens with zero attached hydrogens (tertiary/aromatic N) is 2. The lowest BCUT2D eigenvalue weighted by atomic mass is 10.1. The Morgan fingerprint density at radius 3 is 2.70 bits per heavy atom. The van der Waals surface area contributed by atoms with Crippen molar-refractivity contribution in [2.75, 3.05) is 7.11 Å². The molecular formula is C13H11ClF3N2O. The third-order valence-electron chi connectivity index (χ3n) is 2.84. The van der Waals surface area contributed by atoms with E-state index in [0.29, 0.717) is 5.69 Å². The van der Waals surface area contributed by atoms with Gasteiger partial charge in [-0.25, -0.2) is 4.68 Å². The molecule has 0 aliphatic rings. The van der Waals surface area contributed by atoms with E-state index in [9.17, 15) is 13.2 Å². The first kappa shape index (κ1) is 14.9. The molecule has 0 saturated heterocycles.